The van der Waals surface area contributed by atoms with Crippen molar-refractivity contribution in [2.45, 2.75) is 3.54 Å². The lowest BCUT2D eigenvalue weighted by Gasteiger charge is -2.29. The smallest absolute Gasteiger partial charge is 0.241 e. The molecule has 2 aliphatic rings. The van der Waals surface area contributed by atoms with Crippen LogP contribution in [-0.2, 0) is 4.79 Å². The molecule has 3 heterocycles. The lowest BCUT2D eigenvalue weighted by molar-refractivity contribution is -0.115. The van der Waals surface area contributed by atoms with Crippen LogP contribution in [-0.4, -0.2) is 44.0 Å². The first-order valence-electron chi connectivity index (χ1n) is 6.95. The number of nitrogens with zero attached hydrogens (tertiary/aromatic N) is 3. The van der Waals surface area contributed by atoms with Crippen LogP contribution in [0.1, 0.15) is 0 Å². The van der Waals surface area contributed by atoms with Crippen molar-refractivity contribution in [1.29, 1.82) is 0 Å². The third-order valence-electron chi connectivity index (χ3n) is 3.50. The van der Waals surface area contributed by atoms with Crippen molar-refractivity contribution in [2.75, 3.05) is 29.3 Å². The summed E-state index contributed by atoms with van der Waals surface area (Å²) in [6.07, 6.45) is 0. The zero-order valence-electron chi connectivity index (χ0n) is 12.2. The molecule has 1 spiro atoms. The van der Waals surface area contributed by atoms with Crippen molar-refractivity contribution in [2.24, 2.45) is 0 Å². The molecule has 1 amide bonds. The number of rotatable bonds is 3. The number of amides is 1. The molecular formula is C14H13N3O2S4. The highest BCUT2D eigenvalue weighted by Crippen LogP contribution is 2.59. The van der Waals surface area contributed by atoms with Crippen molar-refractivity contribution in [3.63, 3.8) is 0 Å². The molecule has 2 saturated heterocycles. The van der Waals surface area contributed by atoms with Crippen LogP contribution in [0.4, 0.5) is 5.13 Å². The quantitative estimate of drug-likeness (QED) is 0.805. The Labute approximate surface area is 150 Å². The first-order chi connectivity index (χ1) is 11.2. The van der Waals surface area contributed by atoms with E-state index in [-0.39, 0.29) is 9.44 Å². The second-order valence-corrected chi connectivity index (χ2v) is 10.3. The summed E-state index contributed by atoms with van der Waals surface area (Å²) >= 11 is 6.81. The Morgan fingerprint density at radius 2 is 1.87 bits per heavy atom. The molecule has 2 fully saturated rings. The third kappa shape index (κ3) is 2.73. The fourth-order valence-corrected chi connectivity index (χ4v) is 8.43. The maximum absolute atomic E-state index is 12.4. The largest absolute Gasteiger partial charge is 0.497 e. The normalized spacial score (nSPS) is 19.7. The Morgan fingerprint density at radius 3 is 2.57 bits per heavy atom. The molecule has 2 aromatic rings. The van der Waals surface area contributed by atoms with E-state index in [2.05, 4.69) is 10.2 Å². The van der Waals surface area contributed by atoms with Gasteiger partial charge in [0, 0.05) is 17.1 Å². The van der Waals surface area contributed by atoms with Crippen molar-refractivity contribution in [3.05, 3.63) is 24.3 Å². The Hall–Kier alpha value is -0.900. The Balaban J connectivity index is 1.65. The molecule has 120 valence electrons. The van der Waals surface area contributed by atoms with Gasteiger partial charge >= 0.3 is 0 Å². The minimum absolute atomic E-state index is 0.120. The second kappa shape index (κ2) is 6.19. The van der Waals surface area contributed by atoms with E-state index in [1.807, 2.05) is 52.7 Å². The van der Waals surface area contributed by atoms with Crippen LogP contribution < -0.4 is 9.64 Å². The molecule has 0 atom stereocenters. The molecule has 1 aromatic heterocycles. The summed E-state index contributed by atoms with van der Waals surface area (Å²) in [5.74, 6) is 3.56. The molecule has 4 rings (SSSR count). The minimum Gasteiger partial charge on any atom is -0.497 e. The summed E-state index contributed by atoms with van der Waals surface area (Å²) in [7, 11) is 1.64. The number of thioether (sulfide) groups is 3. The van der Waals surface area contributed by atoms with Gasteiger partial charge in [0.05, 0.1) is 12.9 Å². The predicted octanol–water partition coefficient (Wildman–Crippen LogP) is 3.38. The predicted molar refractivity (Wildman–Crippen MR) is 99.5 cm³/mol. The lowest BCUT2D eigenvalue weighted by Crippen LogP contribution is -2.38. The van der Waals surface area contributed by atoms with Crippen LogP contribution in [0.5, 0.6) is 5.75 Å². The number of hydrogen-bond donors (Lipinski definition) is 0. The van der Waals surface area contributed by atoms with Crippen LogP contribution in [0.2, 0.25) is 0 Å². The number of benzene rings is 1. The number of aromatic nitrogens is 2. The van der Waals surface area contributed by atoms with Gasteiger partial charge in [-0.25, -0.2) is 0 Å². The SMILES string of the molecule is COc1ccc(-c2nnc(N3C(=O)CSC34SCCS4)s2)cc1. The zero-order valence-corrected chi connectivity index (χ0v) is 15.5. The van der Waals surface area contributed by atoms with Gasteiger partial charge in [0.1, 0.15) is 10.8 Å². The minimum atomic E-state index is -0.242. The maximum atomic E-state index is 12.4. The number of hydrogen-bond acceptors (Lipinski definition) is 8. The van der Waals surface area contributed by atoms with E-state index >= 15 is 0 Å². The highest BCUT2D eigenvalue weighted by Gasteiger charge is 2.52. The zero-order chi connectivity index (χ0) is 15.9. The molecule has 23 heavy (non-hydrogen) atoms. The number of carbonyl (C=O) groups is 1. The van der Waals surface area contributed by atoms with Crippen molar-refractivity contribution in [3.8, 4) is 16.3 Å². The number of anilines is 1. The van der Waals surface area contributed by atoms with Crippen molar-refractivity contribution >= 4 is 57.7 Å². The van der Waals surface area contributed by atoms with E-state index in [0.717, 1.165) is 27.8 Å². The average molecular weight is 384 g/mol. The molecule has 0 bridgehead atoms. The molecule has 1 aromatic carbocycles. The summed E-state index contributed by atoms with van der Waals surface area (Å²) in [5, 5.41) is 10.1. The van der Waals surface area contributed by atoms with Crippen molar-refractivity contribution < 1.29 is 9.53 Å². The van der Waals surface area contributed by atoms with Crippen LogP contribution in [0, 0.1) is 0 Å². The third-order valence-corrected chi connectivity index (χ3v) is 9.68. The second-order valence-electron chi connectivity index (χ2n) is 4.86. The van der Waals surface area contributed by atoms with Gasteiger partial charge in [0.2, 0.25) is 11.0 Å². The van der Waals surface area contributed by atoms with E-state index < -0.39 is 0 Å². The summed E-state index contributed by atoms with van der Waals surface area (Å²) < 4.78 is 4.93. The van der Waals surface area contributed by atoms with Crippen LogP contribution >= 0.6 is 46.6 Å². The molecule has 0 unspecified atom stereocenters. The summed E-state index contributed by atoms with van der Waals surface area (Å²) in [5.41, 5.74) is 0.981. The Kier molecular flexibility index (Phi) is 4.21. The van der Waals surface area contributed by atoms with Gasteiger partial charge in [-0.1, -0.05) is 11.3 Å². The lowest BCUT2D eigenvalue weighted by atomic mass is 10.2. The molecule has 5 nitrogen and oxygen atoms in total. The van der Waals surface area contributed by atoms with E-state index in [4.69, 9.17) is 4.74 Å². The Morgan fingerprint density at radius 1 is 1.13 bits per heavy atom. The molecule has 0 N–H and O–H groups in total. The Bertz CT molecular complexity index is 728. The fourth-order valence-electron chi connectivity index (χ4n) is 2.41. The highest BCUT2D eigenvalue weighted by molar-refractivity contribution is 8.36. The topological polar surface area (TPSA) is 55.3 Å². The van der Waals surface area contributed by atoms with Gasteiger partial charge in [-0.05, 0) is 24.3 Å². The van der Waals surface area contributed by atoms with E-state index in [1.54, 1.807) is 18.9 Å². The van der Waals surface area contributed by atoms with Gasteiger partial charge in [-0.3, -0.25) is 9.69 Å². The summed E-state index contributed by atoms with van der Waals surface area (Å²) in [6, 6.07) is 7.71. The number of ether oxygens (including phenoxy) is 1. The summed E-state index contributed by atoms with van der Waals surface area (Å²) in [6.45, 7) is 0. The van der Waals surface area contributed by atoms with E-state index in [9.17, 15) is 4.79 Å². The molecule has 9 heteroatoms. The van der Waals surface area contributed by atoms with E-state index in [0.29, 0.717) is 10.9 Å². The fraction of sp³-hybridized carbons (Fsp3) is 0.357. The number of carbonyl (C=O) groups excluding carboxylic acids is 1. The molecule has 0 radical (unpaired) electrons. The van der Waals surface area contributed by atoms with Crippen LogP contribution in [0.3, 0.4) is 0 Å². The average Bonchev–Trinajstić information content (AvgIpc) is 3.30. The van der Waals surface area contributed by atoms with Gasteiger partial charge in [-0.15, -0.1) is 45.5 Å². The summed E-state index contributed by atoms with van der Waals surface area (Å²) in [4.78, 5) is 14.2. The van der Waals surface area contributed by atoms with Crippen molar-refractivity contribution in [1.82, 2.24) is 10.2 Å². The maximum Gasteiger partial charge on any atom is 0.241 e. The standard InChI is InChI=1S/C14H13N3O2S4/c1-19-10-4-2-9(3-5-10)12-15-16-13(23-12)17-11(18)8-22-14(17)20-6-7-21-14/h2-5H,6-8H2,1H3. The highest BCUT2D eigenvalue weighted by atomic mass is 32.3. The number of methoxy groups -OCH3 is 1. The van der Waals surface area contributed by atoms with Gasteiger partial charge in [0.15, 0.2) is 3.54 Å². The van der Waals surface area contributed by atoms with Gasteiger partial charge in [-0.2, -0.15) is 0 Å². The molecule has 0 saturated carbocycles. The molecular weight excluding hydrogens is 370 g/mol. The first kappa shape index (κ1) is 15.6. The van der Waals surface area contributed by atoms with Crippen LogP contribution in [0.25, 0.3) is 10.6 Å². The monoisotopic (exact) mass is 383 g/mol. The van der Waals surface area contributed by atoms with Gasteiger partial charge < -0.3 is 4.74 Å². The van der Waals surface area contributed by atoms with E-state index in [1.165, 1.54) is 11.3 Å². The van der Waals surface area contributed by atoms with Gasteiger partial charge in [0.25, 0.3) is 0 Å². The first-order valence-corrected chi connectivity index (χ1v) is 10.7. The molecule has 2 aliphatic heterocycles. The van der Waals surface area contributed by atoms with Crippen LogP contribution in [0.15, 0.2) is 24.3 Å². The molecule has 0 aliphatic carbocycles.